The molecule has 4 nitrogen and oxygen atoms in total. The van der Waals surface area contributed by atoms with Crippen LogP contribution in [0.2, 0.25) is 5.02 Å². The number of Topliss-reactive ketones (excluding diaryl/α,β-unsaturated/α-hetero) is 1. The van der Waals surface area contributed by atoms with Crippen molar-refractivity contribution in [1.82, 2.24) is 0 Å². The second-order valence-electron chi connectivity index (χ2n) is 5.36. The van der Waals surface area contributed by atoms with Crippen molar-refractivity contribution >= 4 is 39.7 Å². The number of hydrogen-bond donors (Lipinski definition) is 0. The van der Waals surface area contributed by atoms with Gasteiger partial charge in [0.2, 0.25) is 5.78 Å². The third kappa shape index (κ3) is 3.37. The number of ketones is 1. The Morgan fingerprint density at radius 2 is 2.08 bits per heavy atom. The summed E-state index contributed by atoms with van der Waals surface area (Å²) in [4.78, 5) is 25.5. The van der Waals surface area contributed by atoms with Gasteiger partial charge in [-0.1, -0.05) is 18.5 Å². The molecule has 2 heterocycles. The minimum absolute atomic E-state index is 0.110. The summed E-state index contributed by atoms with van der Waals surface area (Å²) in [5.41, 5.74) is 0.725. The van der Waals surface area contributed by atoms with Crippen LogP contribution in [0.5, 0.6) is 5.75 Å². The molecule has 2 aromatic heterocycles. The number of ether oxygens (including phenoxy) is 1. The molecule has 0 aliphatic carbocycles. The molecule has 0 aliphatic rings. The van der Waals surface area contributed by atoms with E-state index in [2.05, 4.69) is 0 Å². The molecule has 0 aliphatic heterocycles. The first kappa shape index (κ1) is 16.7. The molecular formula is C18H15ClO4S. The van der Waals surface area contributed by atoms with E-state index < -0.39 is 5.63 Å². The van der Waals surface area contributed by atoms with Crippen LogP contribution in [0.3, 0.4) is 0 Å². The molecule has 0 saturated carbocycles. The molecule has 0 bridgehead atoms. The molecule has 0 amide bonds. The number of fused-ring (bicyclic) bond motifs is 1. The minimum atomic E-state index is -0.435. The maximum absolute atomic E-state index is 12.2. The molecule has 124 valence electrons. The Labute approximate surface area is 147 Å². The van der Waals surface area contributed by atoms with Crippen LogP contribution in [0.15, 0.2) is 39.5 Å². The van der Waals surface area contributed by atoms with Crippen molar-refractivity contribution < 1.29 is 13.9 Å². The topological polar surface area (TPSA) is 56.5 Å². The number of halogens is 1. The molecule has 3 aromatic rings. The Kier molecular flexibility index (Phi) is 4.73. The highest BCUT2D eigenvalue weighted by Gasteiger charge is 2.13. The van der Waals surface area contributed by atoms with E-state index >= 15 is 0 Å². The van der Waals surface area contributed by atoms with Gasteiger partial charge in [0.15, 0.2) is 6.61 Å². The zero-order valence-electron chi connectivity index (χ0n) is 13.2. The molecule has 1 aromatic carbocycles. The van der Waals surface area contributed by atoms with Gasteiger partial charge in [-0.25, -0.2) is 4.79 Å². The Balaban J connectivity index is 1.83. The molecule has 0 unspecified atom stereocenters. The van der Waals surface area contributed by atoms with Crippen molar-refractivity contribution in [3.8, 4) is 5.75 Å². The summed E-state index contributed by atoms with van der Waals surface area (Å²) in [6, 6.07) is 8.38. The first-order valence-corrected chi connectivity index (χ1v) is 8.66. The highest BCUT2D eigenvalue weighted by atomic mass is 35.5. The number of carbonyl (C=O) groups is 1. The van der Waals surface area contributed by atoms with Crippen molar-refractivity contribution in [2.24, 2.45) is 0 Å². The smallest absolute Gasteiger partial charge is 0.336 e. The van der Waals surface area contributed by atoms with Gasteiger partial charge < -0.3 is 9.15 Å². The molecule has 0 radical (unpaired) electrons. The third-order valence-corrected chi connectivity index (χ3v) is 5.21. The van der Waals surface area contributed by atoms with Gasteiger partial charge in [0.25, 0.3) is 0 Å². The van der Waals surface area contributed by atoms with Gasteiger partial charge in [-0.2, -0.15) is 0 Å². The molecule has 0 saturated heterocycles. The number of carbonyl (C=O) groups excluding carboxylic acids is 1. The van der Waals surface area contributed by atoms with Gasteiger partial charge in [0.1, 0.15) is 11.3 Å². The quantitative estimate of drug-likeness (QED) is 0.490. The van der Waals surface area contributed by atoms with Crippen molar-refractivity contribution in [1.29, 1.82) is 0 Å². The van der Waals surface area contributed by atoms with Gasteiger partial charge in [-0.05, 0) is 37.1 Å². The van der Waals surface area contributed by atoms with E-state index in [1.165, 1.54) is 17.4 Å². The monoisotopic (exact) mass is 362 g/mol. The van der Waals surface area contributed by atoms with Crippen molar-refractivity contribution in [2.45, 2.75) is 20.3 Å². The predicted molar refractivity (Wildman–Crippen MR) is 95.8 cm³/mol. The molecule has 0 atom stereocenters. The molecule has 6 heteroatoms. The zero-order valence-corrected chi connectivity index (χ0v) is 14.8. The molecule has 0 N–H and O–H groups in total. The largest absolute Gasteiger partial charge is 0.484 e. The van der Waals surface area contributed by atoms with Crippen molar-refractivity contribution in [2.75, 3.05) is 6.61 Å². The fourth-order valence-electron chi connectivity index (χ4n) is 2.36. The zero-order chi connectivity index (χ0) is 17.3. The third-order valence-electron chi connectivity index (χ3n) is 3.65. The van der Waals surface area contributed by atoms with E-state index in [4.69, 9.17) is 20.8 Å². The fraction of sp³-hybridized carbons (Fsp3) is 0.222. The van der Waals surface area contributed by atoms with Gasteiger partial charge in [0.05, 0.1) is 9.90 Å². The lowest BCUT2D eigenvalue weighted by Crippen LogP contribution is -2.10. The Morgan fingerprint density at radius 1 is 1.29 bits per heavy atom. The summed E-state index contributed by atoms with van der Waals surface area (Å²) in [7, 11) is 0. The first-order valence-electron chi connectivity index (χ1n) is 7.46. The summed E-state index contributed by atoms with van der Waals surface area (Å²) in [5.74, 6) is 0.208. The lowest BCUT2D eigenvalue weighted by Gasteiger charge is -2.09. The maximum atomic E-state index is 12.2. The average molecular weight is 363 g/mol. The van der Waals surface area contributed by atoms with Crippen LogP contribution in [0, 0.1) is 6.92 Å². The number of thiophene rings is 1. The fourth-order valence-corrected chi connectivity index (χ4v) is 3.45. The van der Waals surface area contributed by atoms with Gasteiger partial charge >= 0.3 is 5.63 Å². The van der Waals surface area contributed by atoms with Crippen LogP contribution in [-0.4, -0.2) is 12.4 Å². The van der Waals surface area contributed by atoms with Crippen LogP contribution >= 0.6 is 22.9 Å². The van der Waals surface area contributed by atoms with Crippen LogP contribution in [-0.2, 0) is 6.42 Å². The molecule has 24 heavy (non-hydrogen) atoms. The normalized spacial score (nSPS) is 11.0. The van der Waals surface area contributed by atoms with E-state index in [1.807, 2.05) is 19.9 Å². The number of rotatable bonds is 5. The van der Waals surface area contributed by atoms with Crippen molar-refractivity contribution in [3.63, 3.8) is 0 Å². The Hall–Kier alpha value is -2.11. The summed E-state index contributed by atoms with van der Waals surface area (Å²) >= 11 is 7.68. The molecular weight excluding hydrogens is 348 g/mol. The number of hydrogen-bond acceptors (Lipinski definition) is 5. The van der Waals surface area contributed by atoms with E-state index in [-0.39, 0.29) is 12.4 Å². The number of benzene rings is 1. The van der Waals surface area contributed by atoms with Crippen LogP contribution < -0.4 is 10.4 Å². The first-order chi connectivity index (χ1) is 11.5. The van der Waals surface area contributed by atoms with E-state index in [0.29, 0.717) is 21.2 Å². The Morgan fingerprint density at radius 3 is 2.79 bits per heavy atom. The maximum Gasteiger partial charge on any atom is 0.336 e. The highest BCUT2D eigenvalue weighted by molar-refractivity contribution is 7.14. The average Bonchev–Trinajstić information content (AvgIpc) is 3.02. The number of aryl methyl sites for hydroxylation is 2. The van der Waals surface area contributed by atoms with E-state index in [0.717, 1.165) is 22.2 Å². The summed E-state index contributed by atoms with van der Waals surface area (Å²) in [5, 5.41) is 1.11. The van der Waals surface area contributed by atoms with Crippen molar-refractivity contribution in [3.05, 3.63) is 61.1 Å². The standard InChI is InChI=1S/C18H15ClO4S/c1-3-11-4-5-17(24-11)14(20)9-22-16-8-15-12(7-13(16)19)10(2)6-18(21)23-15/h4-8H,3,9H2,1-2H3. The van der Waals surface area contributed by atoms with Crippen LogP contribution in [0.4, 0.5) is 0 Å². The van der Waals surface area contributed by atoms with E-state index in [1.54, 1.807) is 18.2 Å². The molecule has 3 rings (SSSR count). The lowest BCUT2D eigenvalue weighted by molar-refractivity contribution is 0.0925. The predicted octanol–water partition coefficient (Wildman–Crippen LogP) is 4.64. The molecule has 0 spiro atoms. The van der Waals surface area contributed by atoms with Gasteiger partial charge in [-0.3, -0.25) is 4.79 Å². The summed E-state index contributed by atoms with van der Waals surface area (Å²) in [6.07, 6.45) is 0.897. The van der Waals surface area contributed by atoms with Gasteiger partial charge in [-0.15, -0.1) is 11.3 Å². The minimum Gasteiger partial charge on any atom is -0.484 e. The highest BCUT2D eigenvalue weighted by Crippen LogP contribution is 2.31. The second-order valence-corrected chi connectivity index (χ2v) is 6.93. The SMILES string of the molecule is CCc1ccc(C(=O)COc2cc3oc(=O)cc(C)c3cc2Cl)s1. The summed E-state index contributed by atoms with van der Waals surface area (Å²) < 4.78 is 10.7. The molecule has 0 fully saturated rings. The lowest BCUT2D eigenvalue weighted by atomic mass is 10.1. The van der Waals surface area contributed by atoms with E-state index in [9.17, 15) is 9.59 Å². The summed E-state index contributed by atoms with van der Waals surface area (Å²) in [6.45, 7) is 3.73. The van der Waals surface area contributed by atoms with Crippen LogP contribution in [0.1, 0.15) is 27.0 Å². The van der Waals surface area contributed by atoms with Crippen LogP contribution in [0.25, 0.3) is 11.0 Å². The Bertz CT molecular complexity index is 971. The second kappa shape index (κ2) is 6.79. The van der Waals surface area contributed by atoms with Gasteiger partial charge in [0, 0.05) is 22.4 Å².